The summed E-state index contributed by atoms with van der Waals surface area (Å²) in [5.41, 5.74) is 0.0690. The van der Waals surface area contributed by atoms with Crippen molar-refractivity contribution in [2.45, 2.75) is 46.2 Å². The second-order valence-electron chi connectivity index (χ2n) is 4.10. The van der Waals surface area contributed by atoms with Crippen molar-refractivity contribution >= 4 is 5.97 Å². The fourth-order valence-electron chi connectivity index (χ4n) is 1.02. The van der Waals surface area contributed by atoms with Gasteiger partial charge < -0.3 is 10.1 Å². The summed E-state index contributed by atoms with van der Waals surface area (Å²) < 4.78 is 4.85. The number of esters is 1. The molecule has 0 spiro atoms. The molecule has 3 nitrogen and oxygen atoms in total. The van der Waals surface area contributed by atoms with Crippen molar-refractivity contribution in [1.29, 1.82) is 0 Å². The first-order valence-electron chi connectivity index (χ1n) is 4.22. The Bertz CT molecular complexity index is 149. The van der Waals surface area contributed by atoms with Gasteiger partial charge in [0.15, 0.2) is 0 Å². The third-order valence-corrected chi connectivity index (χ3v) is 1.22. The summed E-state index contributed by atoms with van der Waals surface area (Å²) in [5, 5.41) is 3.30. The van der Waals surface area contributed by atoms with Gasteiger partial charge in [-0.25, -0.2) is 0 Å². The maximum Gasteiger partial charge on any atom is 0.302 e. The molecule has 0 aliphatic heterocycles. The minimum atomic E-state index is -0.224. The molecule has 0 aromatic heterocycles. The van der Waals surface area contributed by atoms with Gasteiger partial charge >= 0.3 is 5.97 Å². The van der Waals surface area contributed by atoms with Crippen LogP contribution in [0.3, 0.4) is 0 Å². The van der Waals surface area contributed by atoms with Crippen LogP contribution in [0.1, 0.15) is 34.6 Å². The molecule has 1 unspecified atom stereocenters. The van der Waals surface area contributed by atoms with E-state index in [1.165, 1.54) is 6.92 Å². The molecule has 0 aliphatic rings. The van der Waals surface area contributed by atoms with Crippen molar-refractivity contribution < 1.29 is 9.53 Å². The average molecular weight is 173 g/mol. The molecule has 0 bridgehead atoms. The second kappa shape index (κ2) is 4.45. The van der Waals surface area contributed by atoms with Crippen LogP contribution in [0, 0.1) is 0 Å². The lowest BCUT2D eigenvalue weighted by Gasteiger charge is -2.25. The number of carbonyl (C=O) groups excluding carboxylic acids is 1. The maximum atomic E-state index is 10.5. The Morgan fingerprint density at radius 1 is 1.50 bits per heavy atom. The largest absolute Gasteiger partial charge is 0.464 e. The van der Waals surface area contributed by atoms with E-state index in [9.17, 15) is 4.79 Å². The molecule has 1 N–H and O–H groups in total. The predicted molar refractivity (Wildman–Crippen MR) is 49.0 cm³/mol. The van der Waals surface area contributed by atoms with Crippen LogP contribution in [0.25, 0.3) is 0 Å². The van der Waals surface area contributed by atoms with Gasteiger partial charge in [0.2, 0.25) is 0 Å². The topological polar surface area (TPSA) is 38.3 Å². The molecule has 0 saturated heterocycles. The third kappa shape index (κ3) is 7.54. The molecule has 0 heterocycles. The Morgan fingerprint density at radius 3 is 2.33 bits per heavy atom. The summed E-state index contributed by atoms with van der Waals surface area (Å²) in [4.78, 5) is 10.5. The van der Waals surface area contributed by atoms with E-state index in [4.69, 9.17) is 4.74 Å². The maximum absolute atomic E-state index is 10.5. The second-order valence-corrected chi connectivity index (χ2v) is 4.10. The molecule has 1 atom stereocenters. The first-order chi connectivity index (χ1) is 5.31. The van der Waals surface area contributed by atoms with E-state index in [1.807, 2.05) is 6.92 Å². The van der Waals surface area contributed by atoms with Crippen molar-refractivity contribution in [2.24, 2.45) is 0 Å². The fraction of sp³-hybridized carbons (Fsp3) is 0.889. The molecule has 0 fully saturated rings. The van der Waals surface area contributed by atoms with E-state index < -0.39 is 0 Å². The quantitative estimate of drug-likeness (QED) is 0.654. The monoisotopic (exact) mass is 173 g/mol. The van der Waals surface area contributed by atoms with E-state index in [0.717, 1.165) is 0 Å². The standard InChI is InChI=1S/C9H19NO2/c1-7(6-12-8(2)11)10-9(3,4)5/h7,10H,6H2,1-5H3. The van der Waals surface area contributed by atoms with Crippen LogP contribution in [0.15, 0.2) is 0 Å². The van der Waals surface area contributed by atoms with Crippen LogP contribution in [-0.2, 0) is 9.53 Å². The molecular formula is C9H19NO2. The Balaban J connectivity index is 3.60. The lowest BCUT2D eigenvalue weighted by atomic mass is 10.1. The van der Waals surface area contributed by atoms with E-state index >= 15 is 0 Å². The fourth-order valence-corrected chi connectivity index (χ4v) is 1.02. The Hall–Kier alpha value is -0.570. The summed E-state index contributed by atoms with van der Waals surface area (Å²) in [6.07, 6.45) is 0. The summed E-state index contributed by atoms with van der Waals surface area (Å²) in [6, 6.07) is 0.203. The zero-order valence-corrected chi connectivity index (χ0v) is 8.60. The van der Waals surface area contributed by atoms with Crippen molar-refractivity contribution in [3.8, 4) is 0 Å². The normalized spacial score (nSPS) is 14.1. The molecule has 72 valence electrons. The number of carbonyl (C=O) groups is 1. The zero-order chi connectivity index (χ0) is 9.78. The minimum absolute atomic E-state index is 0.0690. The summed E-state index contributed by atoms with van der Waals surface area (Å²) in [6.45, 7) is 10.1. The van der Waals surface area contributed by atoms with Crippen molar-refractivity contribution in [3.63, 3.8) is 0 Å². The smallest absolute Gasteiger partial charge is 0.302 e. The van der Waals surface area contributed by atoms with Crippen LogP contribution in [0.5, 0.6) is 0 Å². The summed E-state index contributed by atoms with van der Waals surface area (Å²) in [7, 11) is 0. The molecule has 0 aromatic carbocycles. The first kappa shape index (κ1) is 11.4. The number of nitrogens with one attached hydrogen (secondary N) is 1. The molecule has 12 heavy (non-hydrogen) atoms. The van der Waals surface area contributed by atoms with Gasteiger partial charge in [0.05, 0.1) is 0 Å². The summed E-state index contributed by atoms with van der Waals surface area (Å²) in [5.74, 6) is -0.224. The SMILES string of the molecule is CC(=O)OCC(C)NC(C)(C)C. The Labute approximate surface area is 74.5 Å². The lowest BCUT2D eigenvalue weighted by Crippen LogP contribution is -2.44. The molecular weight excluding hydrogens is 154 g/mol. The van der Waals surface area contributed by atoms with Gasteiger partial charge in [0, 0.05) is 18.5 Å². The van der Waals surface area contributed by atoms with E-state index in [1.54, 1.807) is 0 Å². The van der Waals surface area contributed by atoms with Gasteiger partial charge in [-0.3, -0.25) is 4.79 Å². The van der Waals surface area contributed by atoms with Crippen molar-refractivity contribution in [2.75, 3.05) is 6.61 Å². The van der Waals surface area contributed by atoms with Gasteiger partial charge in [-0.2, -0.15) is 0 Å². The molecule has 0 aliphatic carbocycles. The molecule has 0 amide bonds. The van der Waals surface area contributed by atoms with Gasteiger partial charge in [-0.1, -0.05) is 0 Å². The molecule has 0 aromatic rings. The van der Waals surface area contributed by atoms with Crippen LogP contribution in [0.4, 0.5) is 0 Å². The number of hydrogen-bond donors (Lipinski definition) is 1. The van der Waals surface area contributed by atoms with Gasteiger partial charge in [-0.05, 0) is 27.7 Å². The van der Waals surface area contributed by atoms with Crippen molar-refractivity contribution in [3.05, 3.63) is 0 Å². The van der Waals surface area contributed by atoms with Gasteiger partial charge in [0.1, 0.15) is 6.61 Å². The Morgan fingerprint density at radius 2 is 2.00 bits per heavy atom. The highest BCUT2D eigenvalue weighted by Crippen LogP contribution is 2.01. The van der Waals surface area contributed by atoms with E-state index in [-0.39, 0.29) is 17.6 Å². The number of hydrogen-bond acceptors (Lipinski definition) is 3. The number of rotatable bonds is 3. The summed E-state index contributed by atoms with van der Waals surface area (Å²) >= 11 is 0. The molecule has 0 saturated carbocycles. The minimum Gasteiger partial charge on any atom is -0.464 e. The molecule has 0 rings (SSSR count). The highest BCUT2D eigenvalue weighted by atomic mass is 16.5. The third-order valence-electron chi connectivity index (χ3n) is 1.22. The van der Waals surface area contributed by atoms with Crippen LogP contribution in [0.2, 0.25) is 0 Å². The van der Waals surface area contributed by atoms with Crippen molar-refractivity contribution in [1.82, 2.24) is 5.32 Å². The van der Waals surface area contributed by atoms with Crippen LogP contribution >= 0.6 is 0 Å². The highest BCUT2D eigenvalue weighted by Gasteiger charge is 2.13. The first-order valence-corrected chi connectivity index (χ1v) is 4.22. The van der Waals surface area contributed by atoms with Crippen LogP contribution in [-0.4, -0.2) is 24.2 Å². The van der Waals surface area contributed by atoms with Crippen LogP contribution < -0.4 is 5.32 Å². The van der Waals surface area contributed by atoms with Gasteiger partial charge in [0.25, 0.3) is 0 Å². The predicted octanol–water partition coefficient (Wildman–Crippen LogP) is 1.33. The zero-order valence-electron chi connectivity index (χ0n) is 8.60. The van der Waals surface area contributed by atoms with E-state index in [2.05, 4.69) is 26.1 Å². The molecule has 0 radical (unpaired) electrons. The average Bonchev–Trinajstić information content (AvgIpc) is 1.79. The molecule has 3 heteroatoms. The number of ether oxygens (including phenoxy) is 1. The van der Waals surface area contributed by atoms with E-state index in [0.29, 0.717) is 6.61 Å². The lowest BCUT2D eigenvalue weighted by molar-refractivity contribution is -0.141. The van der Waals surface area contributed by atoms with Gasteiger partial charge in [-0.15, -0.1) is 0 Å². The highest BCUT2D eigenvalue weighted by molar-refractivity contribution is 5.65. The Kier molecular flexibility index (Phi) is 4.24.